The van der Waals surface area contributed by atoms with Gasteiger partial charge in [0.15, 0.2) is 0 Å². The Balaban J connectivity index is 2.57. The first-order chi connectivity index (χ1) is 9.13. The van der Waals surface area contributed by atoms with Crippen molar-refractivity contribution in [3.63, 3.8) is 0 Å². The summed E-state index contributed by atoms with van der Waals surface area (Å²) in [6.07, 6.45) is 4.81. The maximum Gasteiger partial charge on any atom is 0.0767 e. The molecule has 1 heterocycles. The molecule has 0 atom stereocenters. The third-order valence-corrected chi connectivity index (χ3v) is 4.76. The summed E-state index contributed by atoms with van der Waals surface area (Å²) < 4.78 is 3.32. The molecule has 19 heavy (non-hydrogen) atoms. The minimum Gasteiger partial charge on any atom is -0.301 e. The maximum absolute atomic E-state index is 4.65. The summed E-state index contributed by atoms with van der Waals surface area (Å²) in [6, 6.07) is 0. The molecule has 1 aromatic heterocycles. The monoisotopic (exact) mass is 393 g/mol. The van der Waals surface area contributed by atoms with Gasteiger partial charge in [0, 0.05) is 18.4 Å². The van der Waals surface area contributed by atoms with Crippen LogP contribution in [0.5, 0.6) is 0 Å². The second-order valence-corrected chi connectivity index (χ2v) is 6.45. The summed E-state index contributed by atoms with van der Waals surface area (Å²) in [4.78, 5) is 2.39. The summed E-state index contributed by atoms with van der Waals surface area (Å²) in [7, 11) is 2.19. The summed E-state index contributed by atoms with van der Waals surface area (Å²) in [5, 5.41) is 5.76. The van der Waals surface area contributed by atoms with Gasteiger partial charge in [-0.25, -0.2) is 0 Å². The highest BCUT2D eigenvalue weighted by Gasteiger charge is 2.15. The van der Waals surface area contributed by atoms with Crippen LogP contribution in [0.3, 0.4) is 0 Å². The van der Waals surface area contributed by atoms with Crippen molar-refractivity contribution >= 4 is 31.9 Å². The minimum atomic E-state index is 0.936. The van der Waals surface area contributed by atoms with E-state index in [9.17, 15) is 0 Å². The van der Waals surface area contributed by atoms with Crippen LogP contribution in [-0.4, -0.2) is 33.6 Å². The summed E-state index contributed by atoms with van der Waals surface area (Å²) in [5.41, 5.74) is 2.48. The van der Waals surface area contributed by atoms with Gasteiger partial charge in [-0.05, 0) is 55.7 Å². The van der Waals surface area contributed by atoms with E-state index in [0.717, 1.165) is 31.4 Å². The highest BCUT2D eigenvalue weighted by Crippen LogP contribution is 2.23. The number of unbranched alkanes of at least 4 members (excludes halogenated alkanes) is 2. The second-order valence-electron chi connectivity index (χ2n) is 4.86. The van der Waals surface area contributed by atoms with E-state index in [1.54, 1.807) is 0 Å². The Morgan fingerprint density at radius 3 is 2.53 bits per heavy atom. The number of rotatable bonds is 9. The lowest BCUT2D eigenvalue weighted by molar-refractivity contribution is 0.307. The van der Waals surface area contributed by atoms with E-state index in [0.29, 0.717) is 0 Å². The molecule has 0 fully saturated rings. The number of aryl methyl sites for hydroxylation is 2. The standard InChI is InChI=1S/C14H25Br2N3/c1-4-12-14(16)13(19(5-2)17-12)11-18(3)10-8-6-7-9-15/h4-11H2,1-3H3. The summed E-state index contributed by atoms with van der Waals surface area (Å²) >= 11 is 7.19. The van der Waals surface area contributed by atoms with Crippen molar-refractivity contribution in [1.82, 2.24) is 14.7 Å². The molecule has 5 heteroatoms. The van der Waals surface area contributed by atoms with E-state index in [-0.39, 0.29) is 0 Å². The molecule has 0 bridgehead atoms. The molecule has 0 saturated heterocycles. The van der Waals surface area contributed by atoms with Crippen LogP contribution in [0.15, 0.2) is 4.47 Å². The van der Waals surface area contributed by atoms with Gasteiger partial charge < -0.3 is 4.90 Å². The maximum atomic E-state index is 4.65. The van der Waals surface area contributed by atoms with E-state index in [1.165, 1.54) is 35.1 Å². The average Bonchev–Trinajstić information content (AvgIpc) is 2.71. The van der Waals surface area contributed by atoms with Crippen molar-refractivity contribution in [2.75, 3.05) is 18.9 Å². The van der Waals surface area contributed by atoms with Crippen LogP contribution < -0.4 is 0 Å². The lowest BCUT2D eigenvalue weighted by atomic mass is 10.2. The third-order valence-electron chi connectivity index (χ3n) is 3.29. The normalized spacial score (nSPS) is 11.5. The van der Waals surface area contributed by atoms with Gasteiger partial charge in [-0.1, -0.05) is 29.3 Å². The highest BCUT2D eigenvalue weighted by molar-refractivity contribution is 9.10. The molecule has 0 radical (unpaired) electrons. The molecule has 0 N–H and O–H groups in total. The molecule has 0 aliphatic rings. The number of aromatic nitrogens is 2. The van der Waals surface area contributed by atoms with Crippen molar-refractivity contribution in [1.29, 1.82) is 0 Å². The molecule has 0 aliphatic carbocycles. The van der Waals surface area contributed by atoms with Crippen molar-refractivity contribution in [3.05, 3.63) is 15.9 Å². The van der Waals surface area contributed by atoms with E-state index in [2.05, 4.69) is 67.4 Å². The number of hydrogen-bond donors (Lipinski definition) is 0. The first-order valence-electron chi connectivity index (χ1n) is 7.12. The van der Waals surface area contributed by atoms with Crippen molar-refractivity contribution < 1.29 is 0 Å². The average molecular weight is 395 g/mol. The Kier molecular flexibility index (Phi) is 8.26. The topological polar surface area (TPSA) is 21.1 Å². The Bertz CT molecular complexity index is 377. The fraction of sp³-hybridized carbons (Fsp3) is 0.786. The predicted octanol–water partition coefficient (Wildman–Crippen LogP) is 4.22. The van der Waals surface area contributed by atoms with E-state index in [4.69, 9.17) is 0 Å². The zero-order chi connectivity index (χ0) is 14.3. The highest BCUT2D eigenvalue weighted by atomic mass is 79.9. The van der Waals surface area contributed by atoms with Gasteiger partial charge in [-0.3, -0.25) is 4.68 Å². The summed E-state index contributed by atoms with van der Waals surface area (Å²) in [5.74, 6) is 0. The molecule has 0 amide bonds. The smallest absolute Gasteiger partial charge is 0.0767 e. The first kappa shape index (κ1) is 17.2. The van der Waals surface area contributed by atoms with Gasteiger partial charge in [-0.2, -0.15) is 5.10 Å². The van der Waals surface area contributed by atoms with Crippen LogP contribution >= 0.6 is 31.9 Å². The van der Waals surface area contributed by atoms with Gasteiger partial charge >= 0.3 is 0 Å². The molecule has 0 saturated carbocycles. The number of halogens is 2. The van der Waals surface area contributed by atoms with Crippen LogP contribution in [0.1, 0.15) is 44.5 Å². The zero-order valence-corrected chi connectivity index (χ0v) is 15.4. The molecule has 1 aromatic rings. The van der Waals surface area contributed by atoms with Crippen LogP contribution in [0.2, 0.25) is 0 Å². The Labute approximate surface area is 134 Å². The lowest BCUT2D eigenvalue weighted by Crippen LogP contribution is -2.21. The van der Waals surface area contributed by atoms with Crippen LogP contribution in [0, 0.1) is 0 Å². The SMILES string of the molecule is CCc1nn(CC)c(CN(C)CCCCCBr)c1Br. The quantitative estimate of drug-likeness (QED) is 0.461. The fourth-order valence-corrected chi connectivity index (χ4v) is 3.24. The number of nitrogens with zero attached hydrogens (tertiary/aromatic N) is 3. The van der Waals surface area contributed by atoms with Crippen molar-refractivity contribution in [2.45, 2.75) is 52.6 Å². The molecular weight excluding hydrogens is 370 g/mol. The van der Waals surface area contributed by atoms with E-state index in [1.807, 2.05) is 0 Å². The molecule has 0 aliphatic heterocycles. The molecule has 3 nitrogen and oxygen atoms in total. The minimum absolute atomic E-state index is 0.936. The zero-order valence-electron chi connectivity index (χ0n) is 12.3. The van der Waals surface area contributed by atoms with Gasteiger partial charge in [-0.15, -0.1) is 0 Å². The molecule has 0 unspecified atom stereocenters. The molecule has 0 aromatic carbocycles. The molecule has 110 valence electrons. The van der Waals surface area contributed by atoms with E-state index >= 15 is 0 Å². The second kappa shape index (κ2) is 9.14. The van der Waals surface area contributed by atoms with Crippen LogP contribution in [0.25, 0.3) is 0 Å². The van der Waals surface area contributed by atoms with Crippen LogP contribution in [-0.2, 0) is 19.5 Å². The predicted molar refractivity (Wildman–Crippen MR) is 89.0 cm³/mol. The van der Waals surface area contributed by atoms with Gasteiger partial charge in [0.2, 0.25) is 0 Å². The van der Waals surface area contributed by atoms with Gasteiger partial charge in [0.05, 0.1) is 15.9 Å². The molecular formula is C14H25Br2N3. The Hall–Kier alpha value is 0.130. The summed E-state index contributed by atoms with van der Waals surface area (Å²) in [6.45, 7) is 7.36. The molecule has 0 spiro atoms. The third kappa shape index (κ3) is 5.20. The first-order valence-corrected chi connectivity index (χ1v) is 9.04. The van der Waals surface area contributed by atoms with Gasteiger partial charge in [0.25, 0.3) is 0 Å². The van der Waals surface area contributed by atoms with Gasteiger partial charge in [0.1, 0.15) is 0 Å². The Morgan fingerprint density at radius 2 is 1.95 bits per heavy atom. The Morgan fingerprint density at radius 1 is 1.21 bits per heavy atom. The van der Waals surface area contributed by atoms with E-state index < -0.39 is 0 Å². The molecule has 1 rings (SSSR count). The van der Waals surface area contributed by atoms with Crippen molar-refractivity contribution in [2.24, 2.45) is 0 Å². The number of hydrogen-bond acceptors (Lipinski definition) is 2. The largest absolute Gasteiger partial charge is 0.301 e. The lowest BCUT2D eigenvalue weighted by Gasteiger charge is -2.17. The fourth-order valence-electron chi connectivity index (χ4n) is 2.16. The number of alkyl halides is 1. The van der Waals surface area contributed by atoms with Crippen LogP contribution in [0.4, 0.5) is 0 Å². The van der Waals surface area contributed by atoms with Crippen molar-refractivity contribution in [3.8, 4) is 0 Å².